The Hall–Kier alpha value is -2.11. The zero-order valence-corrected chi connectivity index (χ0v) is 11.8. The van der Waals surface area contributed by atoms with Crippen molar-refractivity contribution in [1.29, 1.82) is 0 Å². The molecule has 0 atom stereocenters. The Morgan fingerprint density at radius 3 is 2.65 bits per heavy atom. The number of carbonyl (C=O) groups is 1. The van der Waals surface area contributed by atoms with E-state index < -0.39 is 10.9 Å². The van der Waals surface area contributed by atoms with Gasteiger partial charge in [0.1, 0.15) is 11.3 Å². The first-order valence-corrected chi connectivity index (χ1v) is 6.68. The molecule has 6 nitrogen and oxygen atoms in total. The molecule has 0 radical (unpaired) electrons. The summed E-state index contributed by atoms with van der Waals surface area (Å²) in [5.41, 5.74) is -0.398. The Bertz CT molecular complexity index is 486. The predicted molar refractivity (Wildman–Crippen MR) is 77.2 cm³/mol. The number of aromatic carboxylic acids is 1. The number of hydrogen-bond donors (Lipinski definition) is 2. The van der Waals surface area contributed by atoms with E-state index >= 15 is 0 Å². The van der Waals surface area contributed by atoms with E-state index in [1.807, 2.05) is 0 Å². The summed E-state index contributed by atoms with van der Waals surface area (Å²) in [6, 6.07) is 4.28. The molecule has 1 aromatic rings. The molecule has 0 heterocycles. The van der Waals surface area contributed by atoms with Crippen LogP contribution in [0.2, 0.25) is 0 Å². The molecule has 6 heteroatoms. The van der Waals surface area contributed by atoms with Gasteiger partial charge in [-0.3, -0.25) is 10.1 Å². The second kappa shape index (κ2) is 7.47. The third-order valence-corrected chi connectivity index (χ3v) is 2.97. The van der Waals surface area contributed by atoms with Crippen molar-refractivity contribution in [2.24, 2.45) is 5.92 Å². The number of hydrogen-bond acceptors (Lipinski definition) is 4. The van der Waals surface area contributed by atoms with E-state index in [0.717, 1.165) is 19.3 Å². The van der Waals surface area contributed by atoms with E-state index in [-0.39, 0.29) is 16.9 Å². The molecule has 0 saturated heterocycles. The molecule has 0 saturated carbocycles. The summed E-state index contributed by atoms with van der Waals surface area (Å²) in [4.78, 5) is 21.4. The zero-order chi connectivity index (χ0) is 15.1. The van der Waals surface area contributed by atoms with Crippen molar-refractivity contribution in [2.75, 3.05) is 11.9 Å². The standard InChI is InChI=1S/C14H20N2O4/c1-10(2)6-3-4-9-15-12-8-5-7-11(14(17)18)13(12)16(19)20/h5,7-8,10,15H,3-4,6,9H2,1-2H3,(H,17,18). The molecule has 1 rings (SSSR count). The number of nitrogens with one attached hydrogen (secondary N) is 1. The molecular formula is C14H20N2O4. The van der Waals surface area contributed by atoms with Gasteiger partial charge in [-0.15, -0.1) is 0 Å². The van der Waals surface area contributed by atoms with Crippen LogP contribution in [0.3, 0.4) is 0 Å². The fourth-order valence-corrected chi connectivity index (χ4v) is 1.96. The molecule has 0 amide bonds. The number of anilines is 1. The van der Waals surface area contributed by atoms with Crippen LogP contribution in [0, 0.1) is 16.0 Å². The fraction of sp³-hybridized carbons (Fsp3) is 0.500. The number of carboxylic acids is 1. The Balaban J connectivity index is 2.72. The lowest BCUT2D eigenvalue weighted by molar-refractivity contribution is -0.384. The fourth-order valence-electron chi connectivity index (χ4n) is 1.96. The molecule has 0 aliphatic carbocycles. The van der Waals surface area contributed by atoms with Gasteiger partial charge in [-0.1, -0.05) is 32.8 Å². The summed E-state index contributed by atoms with van der Waals surface area (Å²) in [7, 11) is 0. The molecule has 2 N–H and O–H groups in total. The molecule has 0 aromatic heterocycles. The van der Waals surface area contributed by atoms with Crippen LogP contribution >= 0.6 is 0 Å². The summed E-state index contributed by atoms with van der Waals surface area (Å²) in [5.74, 6) is -0.653. The van der Waals surface area contributed by atoms with Gasteiger partial charge in [-0.05, 0) is 24.5 Å². The molecule has 0 unspecified atom stereocenters. The Kier molecular flexibility index (Phi) is 5.96. The molecule has 0 fully saturated rings. The second-order valence-corrected chi connectivity index (χ2v) is 5.08. The minimum Gasteiger partial charge on any atom is -0.477 e. The minimum absolute atomic E-state index is 0.263. The summed E-state index contributed by atoms with van der Waals surface area (Å²) >= 11 is 0. The summed E-state index contributed by atoms with van der Waals surface area (Å²) < 4.78 is 0. The maximum Gasteiger partial charge on any atom is 0.342 e. The van der Waals surface area contributed by atoms with Gasteiger partial charge in [0.25, 0.3) is 0 Å². The normalized spacial score (nSPS) is 10.6. The van der Waals surface area contributed by atoms with Crippen molar-refractivity contribution in [3.05, 3.63) is 33.9 Å². The molecular weight excluding hydrogens is 260 g/mol. The third kappa shape index (κ3) is 4.53. The number of para-hydroxylation sites is 1. The van der Waals surface area contributed by atoms with Gasteiger partial charge in [0, 0.05) is 6.54 Å². The lowest BCUT2D eigenvalue weighted by Gasteiger charge is -2.09. The largest absolute Gasteiger partial charge is 0.477 e. The average molecular weight is 280 g/mol. The van der Waals surface area contributed by atoms with Gasteiger partial charge in [-0.25, -0.2) is 4.79 Å². The van der Waals surface area contributed by atoms with Crippen LogP contribution in [0.1, 0.15) is 43.5 Å². The molecule has 0 aliphatic rings. The molecule has 0 spiro atoms. The van der Waals surface area contributed by atoms with Gasteiger partial charge >= 0.3 is 11.7 Å². The third-order valence-electron chi connectivity index (χ3n) is 2.97. The minimum atomic E-state index is -1.29. The van der Waals surface area contributed by atoms with Crippen molar-refractivity contribution in [3.63, 3.8) is 0 Å². The van der Waals surface area contributed by atoms with E-state index in [1.54, 1.807) is 0 Å². The number of nitrogens with zero attached hydrogens (tertiary/aromatic N) is 1. The van der Waals surface area contributed by atoms with Gasteiger partial charge in [0.2, 0.25) is 0 Å². The van der Waals surface area contributed by atoms with Gasteiger partial charge in [0.05, 0.1) is 4.92 Å². The lowest BCUT2D eigenvalue weighted by atomic mass is 10.1. The highest BCUT2D eigenvalue weighted by Crippen LogP contribution is 2.28. The van der Waals surface area contributed by atoms with Crippen molar-refractivity contribution < 1.29 is 14.8 Å². The topological polar surface area (TPSA) is 92.5 Å². The number of benzene rings is 1. The molecule has 0 aliphatic heterocycles. The Morgan fingerprint density at radius 1 is 1.40 bits per heavy atom. The smallest absolute Gasteiger partial charge is 0.342 e. The highest BCUT2D eigenvalue weighted by molar-refractivity contribution is 5.95. The van der Waals surface area contributed by atoms with Crippen LogP contribution in [-0.4, -0.2) is 22.5 Å². The maximum absolute atomic E-state index is 11.0. The first-order chi connectivity index (χ1) is 9.43. The highest BCUT2D eigenvalue weighted by atomic mass is 16.6. The first kappa shape index (κ1) is 15.9. The number of nitro benzene ring substituents is 1. The van der Waals surface area contributed by atoms with E-state index in [2.05, 4.69) is 19.2 Å². The van der Waals surface area contributed by atoms with Crippen LogP contribution in [0.5, 0.6) is 0 Å². The zero-order valence-electron chi connectivity index (χ0n) is 11.8. The quantitative estimate of drug-likeness (QED) is 0.431. The summed E-state index contributed by atoms with van der Waals surface area (Å²) in [5, 5.41) is 23.0. The SMILES string of the molecule is CC(C)CCCCNc1cccc(C(=O)O)c1[N+](=O)[O-]. The monoisotopic (exact) mass is 280 g/mol. The molecule has 20 heavy (non-hydrogen) atoms. The lowest BCUT2D eigenvalue weighted by Crippen LogP contribution is -2.09. The molecule has 110 valence electrons. The molecule has 0 bridgehead atoms. The van der Waals surface area contributed by atoms with Crippen molar-refractivity contribution >= 4 is 17.3 Å². The predicted octanol–water partition coefficient (Wildman–Crippen LogP) is 3.53. The van der Waals surface area contributed by atoms with E-state index in [9.17, 15) is 14.9 Å². The van der Waals surface area contributed by atoms with Crippen molar-refractivity contribution in [1.82, 2.24) is 0 Å². The van der Waals surface area contributed by atoms with Crippen LogP contribution in [0.15, 0.2) is 18.2 Å². The first-order valence-electron chi connectivity index (χ1n) is 6.68. The van der Waals surface area contributed by atoms with Gasteiger partial charge < -0.3 is 10.4 Å². The van der Waals surface area contributed by atoms with E-state index in [1.165, 1.54) is 18.2 Å². The maximum atomic E-state index is 11.0. The highest BCUT2D eigenvalue weighted by Gasteiger charge is 2.23. The summed E-state index contributed by atoms with van der Waals surface area (Å²) in [6.07, 6.45) is 3.04. The molecule has 1 aromatic carbocycles. The number of nitro groups is 1. The Labute approximate surface area is 118 Å². The van der Waals surface area contributed by atoms with E-state index in [4.69, 9.17) is 5.11 Å². The van der Waals surface area contributed by atoms with Crippen LogP contribution < -0.4 is 5.32 Å². The number of rotatable bonds is 8. The van der Waals surface area contributed by atoms with E-state index in [0.29, 0.717) is 12.5 Å². The Morgan fingerprint density at radius 2 is 2.10 bits per heavy atom. The van der Waals surface area contributed by atoms with Crippen molar-refractivity contribution in [2.45, 2.75) is 33.1 Å². The second-order valence-electron chi connectivity index (χ2n) is 5.08. The van der Waals surface area contributed by atoms with Crippen LogP contribution in [0.25, 0.3) is 0 Å². The number of carboxylic acid groups (broad SMARTS) is 1. The van der Waals surface area contributed by atoms with Gasteiger partial charge in [0.15, 0.2) is 0 Å². The van der Waals surface area contributed by atoms with Crippen molar-refractivity contribution in [3.8, 4) is 0 Å². The average Bonchev–Trinajstić information content (AvgIpc) is 2.37. The van der Waals surface area contributed by atoms with Crippen LogP contribution in [0.4, 0.5) is 11.4 Å². The van der Waals surface area contributed by atoms with Gasteiger partial charge in [-0.2, -0.15) is 0 Å². The van der Waals surface area contributed by atoms with Crippen LogP contribution in [-0.2, 0) is 0 Å². The summed E-state index contributed by atoms with van der Waals surface area (Å²) in [6.45, 7) is 4.89. The number of unbranched alkanes of at least 4 members (excludes halogenated alkanes) is 1.